The monoisotopic (exact) mass is 426 g/mol. The number of nitrogens with one attached hydrogen (secondary N) is 3. The van der Waals surface area contributed by atoms with Crippen molar-refractivity contribution in [3.05, 3.63) is 57.6 Å². The van der Waals surface area contributed by atoms with Gasteiger partial charge in [-0.2, -0.15) is 0 Å². The molecule has 0 aliphatic carbocycles. The Balaban J connectivity index is 2.06. The molecule has 0 unspecified atom stereocenters. The van der Waals surface area contributed by atoms with Crippen molar-refractivity contribution in [2.75, 3.05) is 13.2 Å². The number of ether oxygens (including phenoxy) is 2. The third-order valence-corrected chi connectivity index (χ3v) is 4.39. The summed E-state index contributed by atoms with van der Waals surface area (Å²) < 4.78 is 11.6. The minimum absolute atomic E-state index is 0.358. The SMILES string of the molecule is CCNC(=S)N[NH+]=Cc1ccc(OCc2ccc(Cl)c(Cl)c2)c(OCC)c1. The fourth-order valence-electron chi connectivity index (χ4n) is 2.18. The van der Waals surface area contributed by atoms with Gasteiger partial charge in [0, 0.05) is 12.1 Å². The summed E-state index contributed by atoms with van der Waals surface area (Å²) in [6.07, 6.45) is 1.79. The minimum atomic E-state index is 0.358. The van der Waals surface area contributed by atoms with Crippen LogP contribution in [0.4, 0.5) is 0 Å². The van der Waals surface area contributed by atoms with Gasteiger partial charge in [-0.1, -0.05) is 29.3 Å². The molecular formula is C19H22Cl2N3O2S+. The lowest BCUT2D eigenvalue weighted by molar-refractivity contribution is -0.500. The molecule has 0 heterocycles. The molecule has 0 aliphatic rings. The van der Waals surface area contributed by atoms with Gasteiger partial charge in [0.2, 0.25) is 5.11 Å². The molecule has 5 nitrogen and oxygen atoms in total. The first-order chi connectivity index (χ1) is 13.0. The van der Waals surface area contributed by atoms with Gasteiger partial charge in [0.15, 0.2) is 17.7 Å². The highest BCUT2D eigenvalue weighted by Crippen LogP contribution is 2.29. The normalized spacial score (nSPS) is 10.7. The van der Waals surface area contributed by atoms with Gasteiger partial charge >= 0.3 is 0 Å². The summed E-state index contributed by atoms with van der Waals surface area (Å²) in [6, 6.07) is 11.1. The maximum Gasteiger partial charge on any atom is 0.223 e. The number of hydrogen-bond donors (Lipinski definition) is 3. The first-order valence-electron chi connectivity index (χ1n) is 8.49. The van der Waals surface area contributed by atoms with Gasteiger partial charge in [-0.3, -0.25) is 0 Å². The van der Waals surface area contributed by atoms with Crippen LogP contribution in [0.25, 0.3) is 0 Å². The molecule has 2 aromatic rings. The number of halogens is 2. The van der Waals surface area contributed by atoms with E-state index in [4.69, 9.17) is 44.9 Å². The molecule has 27 heavy (non-hydrogen) atoms. The van der Waals surface area contributed by atoms with Crippen molar-refractivity contribution in [1.29, 1.82) is 0 Å². The molecule has 0 aromatic heterocycles. The van der Waals surface area contributed by atoms with E-state index in [1.165, 1.54) is 0 Å². The number of thiocarbonyl (C=S) groups is 1. The Morgan fingerprint density at radius 1 is 1.07 bits per heavy atom. The van der Waals surface area contributed by atoms with E-state index in [1.54, 1.807) is 18.3 Å². The third kappa shape index (κ3) is 6.90. The van der Waals surface area contributed by atoms with E-state index in [0.29, 0.717) is 39.9 Å². The summed E-state index contributed by atoms with van der Waals surface area (Å²) in [5.41, 5.74) is 4.70. The maximum atomic E-state index is 6.05. The van der Waals surface area contributed by atoms with Crippen LogP contribution in [0.1, 0.15) is 25.0 Å². The van der Waals surface area contributed by atoms with Crippen LogP contribution in [-0.4, -0.2) is 24.5 Å². The van der Waals surface area contributed by atoms with Crippen molar-refractivity contribution in [2.24, 2.45) is 0 Å². The highest BCUT2D eigenvalue weighted by Gasteiger charge is 2.08. The Hall–Kier alpha value is -2.02. The molecule has 2 rings (SSSR count). The molecule has 8 heteroatoms. The Labute approximate surface area is 174 Å². The van der Waals surface area contributed by atoms with Gasteiger partial charge < -0.3 is 14.8 Å². The molecule has 0 aliphatic heterocycles. The predicted octanol–water partition coefficient (Wildman–Crippen LogP) is 2.87. The number of hydrazone groups is 1. The first-order valence-corrected chi connectivity index (χ1v) is 9.66. The lowest BCUT2D eigenvalue weighted by atomic mass is 10.2. The first kappa shape index (κ1) is 21.3. The van der Waals surface area contributed by atoms with Crippen LogP contribution in [0.3, 0.4) is 0 Å². The van der Waals surface area contributed by atoms with Crippen LogP contribution in [-0.2, 0) is 6.61 Å². The summed E-state index contributed by atoms with van der Waals surface area (Å²) in [6.45, 7) is 5.54. The van der Waals surface area contributed by atoms with Crippen LogP contribution < -0.4 is 25.3 Å². The number of hydrazine groups is 1. The standard InChI is InChI=1S/C19H21Cl2N3O2S/c1-3-22-19(27)24-23-11-13-6-8-17(18(10-13)25-4-2)26-12-14-5-7-15(20)16(21)9-14/h5-11H,3-4,12H2,1-2H3,(H2,22,24,27)/p+1. The maximum absolute atomic E-state index is 6.05. The van der Waals surface area contributed by atoms with Crippen LogP contribution in [0.15, 0.2) is 36.4 Å². The van der Waals surface area contributed by atoms with Gasteiger partial charge in [0.25, 0.3) is 0 Å². The summed E-state index contributed by atoms with van der Waals surface area (Å²) in [7, 11) is 0. The summed E-state index contributed by atoms with van der Waals surface area (Å²) >= 11 is 17.1. The van der Waals surface area contributed by atoms with E-state index in [-0.39, 0.29) is 0 Å². The van der Waals surface area contributed by atoms with Gasteiger partial charge in [0.1, 0.15) is 6.61 Å². The quantitative estimate of drug-likeness (QED) is 0.344. The van der Waals surface area contributed by atoms with Gasteiger partial charge in [-0.15, -0.1) is 10.5 Å². The molecule has 2 aromatic carbocycles. The Morgan fingerprint density at radius 3 is 2.59 bits per heavy atom. The lowest BCUT2D eigenvalue weighted by Crippen LogP contribution is -2.82. The zero-order chi connectivity index (χ0) is 19.6. The van der Waals surface area contributed by atoms with Crippen LogP contribution in [0, 0.1) is 0 Å². The summed E-state index contributed by atoms with van der Waals surface area (Å²) in [5.74, 6) is 1.30. The Bertz CT molecular complexity index is 816. The van der Waals surface area contributed by atoms with Gasteiger partial charge in [0.05, 0.1) is 16.7 Å². The molecule has 144 valence electrons. The van der Waals surface area contributed by atoms with Crippen molar-refractivity contribution < 1.29 is 14.6 Å². The van der Waals surface area contributed by atoms with Crippen molar-refractivity contribution in [1.82, 2.24) is 10.7 Å². The fraction of sp³-hybridized carbons (Fsp3) is 0.263. The highest BCUT2D eigenvalue weighted by atomic mass is 35.5. The topological polar surface area (TPSA) is 56.5 Å². The second kappa shape index (κ2) is 11.0. The van der Waals surface area contributed by atoms with Gasteiger partial charge in [-0.05, 0) is 62.0 Å². The van der Waals surface area contributed by atoms with Crippen molar-refractivity contribution in [3.8, 4) is 11.5 Å². The second-order valence-electron chi connectivity index (χ2n) is 5.45. The zero-order valence-electron chi connectivity index (χ0n) is 15.1. The van der Waals surface area contributed by atoms with E-state index in [1.807, 2.05) is 38.1 Å². The minimum Gasteiger partial charge on any atom is -0.490 e. The van der Waals surface area contributed by atoms with Crippen LogP contribution in [0.2, 0.25) is 10.0 Å². The molecule has 0 bridgehead atoms. The number of rotatable bonds is 8. The van der Waals surface area contributed by atoms with E-state index < -0.39 is 0 Å². The van der Waals surface area contributed by atoms with E-state index in [2.05, 4.69) is 15.8 Å². The van der Waals surface area contributed by atoms with E-state index >= 15 is 0 Å². The van der Waals surface area contributed by atoms with E-state index in [9.17, 15) is 0 Å². The highest BCUT2D eigenvalue weighted by molar-refractivity contribution is 7.80. The molecule has 0 spiro atoms. The predicted molar refractivity (Wildman–Crippen MR) is 114 cm³/mol. The van der Waals surface area contributed by atoms with Gasteiger partial charge in [-0.25, -0.2) is 0 Å². The Kier molecular flexibility index (Phi) is 8.64. The number of benzene rings is 2. The molecule has 3 N–H and O–H groups in total. The molecule has 0 saturated carbocycles. The smallest absolute Gasteiger partial charge is 0.223 e. The van der Waals surface area contributed by atoms with Crippen LogP contribution >= 0.6 is 35.4 Å². The third-order valence-electron chi connectivity index (χ3n) is 3.41. The van der Waals surface area contributed by atoms with Crippen molar-refractivity contribution in [2.45, 2.75) is 20.5 Å². The Morgan fingerprint density at radius 2 is 1.89 bits per heavy atom. The zero-order valence-corrected chi connectivity index (χ0v) is 17.5. The average Bonchev–Trinajstić information content (AvgIpc) is 2.64. The molecule has 0 fully saturated rings. The van der Waals surface area contributed by atoms with E-state index in [0.717, 1.165) is 17.7 Å². The lowest BCUT2D eigenvalue weighted by Gasteiger charge is -2.12. The summed E-state index contributed by atoms with van der Waals surface area (Å²) in [5, 5.41) is 7.48. The van der Waals surface area contributed by atoms with Crippen molar-refractivity contribution >= 4 is 46.7 Å². The molecule has 0 saturated heterocycles. The van der Waals surface area contributed by atoms with Crippen LogP contribution in [0.5, 0.6) is 11.5 Å². The summed E-state index contributed by atoms with van der Waals surface area (Å²) in [4.78, 5) is 0. The second-order valence-corrected chi connectivity index (χ2v) is 6.67. The fourth-order valence-corrected chi connectivity index (χ4v) is 2.71. The number of hydrogen-bond acceptors (Lipinski definition) is 3. The molecule has 0 atom stereocenters. The average molecular weight is 427 g/mol. The molecule has 0 amide bonds. The van der Waals surface area contributed by atoms with Crippen molar-refractivity contribution in [3.63, 3.8) is 0 Å². The molecule has 0 radical (unpaired) electrons. The molecular weight excluding hydrogens is 405 g/mol. The largest absolute Gasteiger partial charge is 0.490 e.